The van der Waals surface area contributed by atoms with Crippen LogP contribution in [0.4, 0.5) is 13.2 Å². The number of rotatable bonds is 5. The van der Waals surface area contributed by atoms with Crippen molar-refractivity contribution in [3.05, 3.63) is 52.6 Å². The Balaban J connectivity index is 1.56. The molecule has 0 bridgehead atoms. The number of aromatic nitrogens is 2. The third-order valence-electron chi connectivity index (χ3n) is 4.69. The fourth-order valence-electron chi connectivity index (χ4n) is 3.40. The molecule has 2 atom stereocenters. The van der Waals surface area contributed by atoms with Crippen molar-refractivity contribution in [2.75, 3.05) is 20.1 Å². The van der Waals surface area contributed by atoms with E-state index in [2.05, 4.69) is 4.98 Å². The van der Waals surface area contributed by atoms with Crippen LogP contribution in [0.5, 0.6) is 0 Å². The maximum absolute atomic E-state index is 12.8. The summed E-state index contributed by atoms with van der Waals surface area (Å²) in [4.78, 5) is 5.71. The lowest BCUT2D eigenvalue weighted by atomic mass is 9.98. The normalized spacial score (nSPS) is 18.8. The van der Waals surface area contributed by atoms with Gasteiger partial charge in [0.2, 0.25) is 0 Å². The van der Waals surface area contributed by atoms with Crippen LogP contribution in [0.2, 0.25) is 5.02 Å². The molecule has 1 aliphatic rings. The first-order valence-electron chi connectivity index (χ1n) is 8.47. The molecule has 0 saturated carbocycles. The highest BCUT2D eigenvalue weighted by atomic mass is 35.5. The molecule has 0 saturated heterocycles. The third-order valence-corrected chi connectivity index (χ3v) is 4.94. The number of aliphatic hydroxyl groups excluding tert-OH is 1. The molecule has 0 unspecified atom stereocenters. The van der Waals surface area contributed by atoms with Gasteiger partial charge in [0.15, 0.2) is 5.69 Å². The van der Waals surface area contributed by atoms with Crippen molar-refractivity contribution in [2.24, 2.45) is 5.92 Å². The SMILES string of the molecule is CN(C[C@@H]1CCc2nc(C(F)(F)F)cn2C1)C[C@H](O)c1ccc(Cl)cc1. The van der Waals surface area contributed by atoms with Crippen molar-refractivity contribution < 1.29 is 18.3 Å². The van der Waals surface area contributed by atoms with Crippen molar-refractivity contribution in [3.8, 4) is 0 Å². The number of imidazole rings is 1. The van der Waals surface area contributed by atoms with Crippen LogP contribution in [-0.4, -0.2) is 39.7 Å². The molecule has 2 heterocycles. The second kappa shape index (κ2) is 7.58. The minimum absolute atomic E-state index is 0.222. The summed E-state index contributed by atoms with van der Waals surface area (Å²) in [5, 5.41) is 11.0. The van der Waals surface area contributed by atoms with Gasteiger partial charge in [0.25, 0.3) is 0 Å². The van der Waals surface area contributed by atoms with Crippen LogP contribution in [0.3, 0.4) is 0 Å². The van der Waals surface area contributed by atoms with E-state index in [0.717, 1.165) is 18.2 Å². The number of halogens is 4. The van der Waals surface area contributed by atoms with E-state index < -0.39 is 18.0 Å². The van der Waals surface area contributed by atoms with E-state index in [0.29, 0.717) is 36.9 Å². The zero-order valence-electron chi connectivity index (χ0n) is 14.4. The first-order chi connectivity index (χ1) is 12.2. The standard InChI is InChI=1S/C18H21ClF3N3O/c1-24(10-15(26)13-3-5-14(19)6-4-13)8-12-2-7-17-23-16(18(20,21)22)11-25(17)9-12/h3-6,11-12,15,26H,2,7-10H2,1H3/t12-,15-/m0/s1. The quantitative estimate of drug-likeness (QED) is 0.848. The molecule has 1 N–H and O–H groups in total. The van der Waals surface area contributed by atoms with Gasteiger partial charge in [-0.2, -0.15) is 13.2 Å². The van der Waals surface area contributed by atoms with Crippen molar-refractivity contribution in [1.29, 1.82) is 0 Å². The van der Waals surface area contributed by atoms with Crippen LogP contribution in [0.1, 0.15) is 29.6 Å². The number of nitrogens with zero attached hydrogens (tertiary/aromatic N) is 3. The molecular formula is C18H21ClF3N3O. The maximum Gasteiger partial charge on any atom is 0.434 e. The Kier molecular flexibility index (Phi) is 5.60. The van der Waals surface area contributed by atoms with Gasteiger partial charge in [0, 0.05) is 37.3 Å². The maximum atomic E-state index is 12.8. The van der Waals surface area contributed by atoms with Crippen molar-refractivity contribution in [2.45, 2.75) is 31.7 Å². The average Bonchev–Trinajstić information content (AvgIpc) is 2.99. The fourth-order valence-corrected chi connectivity index (χ4v) is 3.53. The first kappa shape index (κ1) is 19.2. The molecular weight excluding hydrogens is 367 g/mol. The van der Waals surface area contributed by atoms with Gasteiger partial charge in [-0.25, -0.2) is 4.98 Å². The van der Waals surface area contributed by atoms with Crippen LogP contribution in [0, 0.1) is 5.92 Å². The summed E-state index contributed by atoms with van der Waals surface area (Å²) < 4.78 is 40.0. The first-order valence-corrected chi connectivity index (χ1v) is 8.85. The summed E-state index contributed by atoms with van der Waals surface area (Å²) in [6, 6.07) is 7.05. The molecule has 1 aromatic heterocycles. The van der Waals surface area contributed by atoms with Crippen LogP contribution >= 0.6 is 11.6 Å². The van der Waals surface area contributed by atoms with Crippen molar-refractivity contribution in [3.63, 3.8) is 0 Å². The summed E-state index contributed by atoms with van der Waals surface area (Å²) in [6.45, 7) is 1.66. The molecule has 3 rings (SSSR count). The molecule has 0 spiro atoms. The van der Waals surface area contributed by atoms with Gasteiger partial charge in [-0.15, -0.1) is 0 Å². The van der Waals surface area contributed by atoms with Gasteiger partial charge in [-0.05, 0) is 37.1 Å². The number of likely N-dealkylation sites (N-methyl/N-ethyl adjacent to an activating group) is 1. The number of benzene rings is 1. The monoisotopic (exact) mass is 387 g/mol. The number of hydrogen-bond donors (Lipinski definition) is 1. The van der Waals surface area contributed by atoms with E-state index in [1.54, 1.807) is 28.8 Å². The lowest BCUT2D eigenvalue weighted by molar-refractivity contribution is -0.141. The van der Waals surface area contributed by atoms with Gasteiger partial charge < -0.3 is 14.6 Å². The molecule has 0 aliphatic carbocycles. The van der Waals surface area contributed by atoms with E-state index in [-0.39, 0.29) is 5.92 Å². The predicted octanol–water partition coefficient (Wildman–Crippen LogP) is 3.78. The highest BCUT2D eigenvalue weighted by Gasteiger charge is 2.35. The molecule has 0 amide bonds. The van der Waals surface area contributed by atoms with E-state index >= 15 is 0 Å². The number of alkyl halides is 3. The van der Waals surface area contributed by atoms with Gasteiger partial charge in [0.1, 0.15) is 5.82 Å². The molecule has 142 valence electrons. The van der Waals surface area contributed by atoms with Gasteiger partial charge in [-0.3, -0.25) is 0 Å². The smallest absolute Gasteiger partial charge is 0.387 e. The average molecular weight is 388 g/mol. The highest BCUT2D eigenvalue weighted by molar-refractivity contribution is 6.30. The van der Waals surface area contributed by atoms with E-state index in [1.165, 1.54) is 0 Å². The number of aryl methyl sites for hydroxylation is 1. The Labute approximate surface area is 155 Å². The summed E-state index contributed by atoms with van der Waals surface area (Å²) in [7, 11) is 1.91. The lowest BCUT2D eigenvalue weighted by Gasteiger charge is -2.29. The molecule has 1 aromatic carbocycles. The number of aliphatic hydroxyl groups is 1. The second-order valence-corrected chi connectivity index (χ2v) is 7.32. The van der Waals surface area contributed by atoms with Gasteiger partial charge >= 0.3 is 6.18 Å². The Morgan fingerprint density at radius 1 is 1.35 bits per heavy atom. The summed E-state index contributed by atoms with van der Waals surface area (Å²) in [5.74, 6) is 0.720. The molecule has 0 fully saturated rings. The largest absolute Gasteiger partial charge is 0.434 e. The van der Waals surface area contributed by atoms with E-state index in [4.69, 9.17) is 11.6 Å². The van der Waals surface area contributed by atoms with Gasteiger partial charge in [0.05, 0.1) is 6.10 Å². The molecule has 8 heteroatoms. The molecule has 26 heavy (non-hydrogen) atoms. The fraction of sp³-hybridized carbons (Fsp3) is 0.500. The Morgan fingerprint density at radius 2 is 2.04 bits per heavy atom. The van der Waals surface area contributed by atoms with Crippen molar-refractivity contribution >= 4 is 11.6 Å². The number of hydrogen-bond acceptors (Lipinski definition) is 3. The minimum atomic E-state index is -4.40. The topological polar surface area (TPSA) is 41.3 Å². The summed E-state index contributed by atoms with van der Waals surface area (Å²) >= 11 is 5.85. The van der Waals surface area contributed by atoms with Crippen molar-refractivity contribution in [1.82, 2.24) is 14.5 Å². The molecule has 4 nitrogen and oxygen atoms in total. The second-order valence-electron chi connectivity index (χ2n) is 6.89. The van der Waals surface area contributed by atoms with E-state index in [9.17, 15) is 18.3 Å². The Bertz CT molecular complexity index is 745. The highest BCUT2D eigenvalue weighted by Crippen LogP contribution is 2.31. The molecule has 2 aromatic rings. The molecule has 0 radical (unpaired) electrons. The summed E-state index contributed by atoms with van der Waals surface area (Å²) in [6.07, 6.45) is -2.62. The zero-order valence-corrected chi connectivity index (χ0v) is 15.1. The minimum Gasteiger partial charge on any atom is -0.387 e. The third kappa shape index (κ3) is 4.58. The zero-order chi connectivity index (χ0) is 18.9. The van der Waals surface area contributed by atoms with Crippen LogP contribution in [0.15, 0.2) is 30.5 Å². The van der Waals surface area contributed by atoms with Crippen LogP contribution in [0.25, 0.3) is 0 Å². The predicted molar refractivity (Wildman–Crippen MR) is 92.9 cm³/mol. The van der Waals surface area contributed by atoms with Crippen LogP contribution < -0.4 is 0 Å². The lowest BCUT2D eigenvalue weighted by Crippen LogP contribution is -2.33. The van der Waals surface area contributed by atoms with Gasteiger partial charge in [-0.1, -0.05) is 23.7 Å². The molecule has 1 aliphatic heterocycles. The Hall–Kier alpha value is -1.57. The Morgan fingerprint density at radius 3 is 2.69 bits per heavy atom. The van der Waals surface area contributed by atoms with E-state index in [1.807, 2.05) is 11.9 Å². The summed E-state index contributed by atoms with van der Waals surface area (Å²) in [5.41, 5.74) is -0.0312. The van der Waals surface area contributed by atoms with Crippen LogP contribution in [-0.2, 0) is 19.1 Å². The number of fused-ring (bicyclic) bond motifs is 1.